The molecule has 1 aromatic heterocycles. The van der Waals surface area contributed by atoms with Crippen molar-refractivity contribution in [1.82, 2.24) is 15.2 Å². The third-order valence-electron chi connectivity index (χ3n) is 4.98. The minimum Gasteiger partial charge on any atom is -0.341 e. The fraction of sp³-hybridized carbons (Fsp3) is 0.409. The summed E-state index contributed by atoms with van der Waals surface area (Å²) in [6, 6.07) is 12.7. The van der Waals surface area contributed by atoms with Crippen molar-refractivity contribution in [3.05, 3.63) is 66.0 Å². The van der Waals surface area contributed by atoms with E-state index in [2.05, 4.69) is 10.3 Å². The van der Waals surface area contributed by atoms with E-state index in [0.29, 0.717) is 12.0 Å². The first-order chi connectivity index (χ1) is 13.2. The highest BCUT2D eigenvalue weighted by Crippen LogP contribution is 2.14. The van der Waals surface area contributed by atoms with Gasteiger partial charge in [0.1, 0.15) is 6.04 Å². The number of benzene rings is 1. The van der Waals surface area contributed by atoms with Gasteiger partial charge in [0, 0.05) is 31.9 Å². The number of hydrogen-bond acceptors (Lipinski definition) is 3. The highest BCUT2D eigenvalue weighted by molar-refractivity contribution is 5.97. The third-order valence-corrected chi connectivity index (χ3v) is 4.98. The summed E-state index contributed by atoms with van der Waals surface area (Å²) >= 11 is 0. The first-order valence-electron chi connectivity index (χ1n) is 9.77. The number of hydrogen-bond donors (Lipinski definition) is 1. The molecule has 27 heavy (non-hydrogen) atoms. The average molecular weight is 365 g/mol. The van der Waals surface area contributed by atoms with Crippen molar-refractivity contribution in [1.29, 1.82) is 0 Å². The normalized spacial score (nSPS) is 16.1. The summed E-state index contributed by atoms with van der Waals surface area (Å²) in [6.07, 6.45) is 9.26. The van der Waals surface area contributed by atoms with Crippen LogP contribution in [0.25, 0.3) is 0 Å². The third kappa shape index (κ3) is 5.64. The second-order valence-electron chi connectivity index (χ2n) is 7.05. The lowest BCUT2D eigenvalue weighted by atomic mass is 10.0. The molecule has 1 aliphatic rings. The molecule has 0 bridgehead atoms. The molecule has 3 rings (SSSR count). The number of amides is 2. The van der Waals surface area contributed by atoms with Crippen LogP contribution in [0.4, 0.5) is 0 Å². The van der Waals surface area contributed by atoms with Gasteiger partial charge in [-0.05, 0) is 30.5 Å². The molecule has 1 aromatic carbocycles. The Morgan fingerprint density at radius 3 is 2.33 bits per heavy atom. The molecule has 2 amide bonds. The van der Waals surface area contributed by atoms with Crippen LogP contribution in [0.2, 0.25) is 0 Å². The van der Waals surface area contributed by atoms with Crippen molar-refractivity contribution in [2.75, 3.05) is 13.1 Å². The molecule has 5 heteroatoms. The molecule has 142 valence electrons. The zero-order valence-electron chi connectivity index (χ0n) is 15.6. The Balaban J connectivity index is 1.75. The maximum absolute atomic E-state index is 13.2. The van der Waals surface area contributed by atoms with Crippen LogP contribution in [0.15, 0.2) is 54.9 Å². The van der Waals surface area contributed by atoms with E-state index in [4.69, 9.17) is 0 Å². The molecule has 1 N–H and O–H groups in total. The molecule has 1 saturated heterocycles. The van der Waals surface area contributed by atoms with Gasteiger partial charge in [-0.25, -0.2) is 0 Å². The second kappa shape index (κ2) is 9.86. The molecule has 1 aliphatic heterocycles. The minimum absolute atomic E-state index is 0.0120. The molecule has 2 aromatic rings. The van der Waals surface area contributed by atoms with Crippen LogP contribution < -0.4 is 5.32 Å². The molecular formula is C22H27N3O2. The number of rotatable bonds is 5. The van der Waals surface area contributed by atoms with Crippen molar-refractivity contribution in [2.45, 2.75) is 44.6 Å². The van der Waals surface area contributed by atoms with Gasteiger partial charge in [-0.3, -0.25) is 14.6 Å². The first kappa shape index (κ1) is 19.1. The molecule has 1 unspecified atom stereocenters. The fourth-order valence-electron chi connectivity index (χ4n) is 3.48. The molecule has 1 fully saturated rings. The monoisotopic (exact) mass is 365 g/mol. The number of carbonyl (C=O) groups excluding carboxylic acids is 2. The minimum atomic E-state index is -0.570. The lowest BCUT2D eigenvalue weighted by molar-refractivity contribution is -0.133. The predicted molar refractivity (Wildman–Crippen MR) is 105 cm³/mol. The van der Waals surface area contributed by atoms with Crippen molar-refractivity contribution in [3.63, 3.8) is 0 Å². The van der Waals surface area contributed by atoms with Gasteiger partial charge in [-0.15, -0.1) is 0 Å². The number of pyridine rings is 1. The van der Waals surface area contributed by atoms with Gasteiger partial charge in [-0.1, -0.05) is 49.6 Å². The Hall–Kier alpha value is -2.69. The van der Waals surface area contributed by atoms with Gasteiger partial charge >= 0.3 is 0 Å². The Morgan fingerprint density at radius 1 is 0.963 bits per heavy atom. The van der Waals surface area contributed by atoms with E-state index in [1.54, 1.807) is 18.3 Å². The van der Waals surface area contributed by atoms with E-state index in [1.165, 1.54) is 12.6 Å². The maximum atomic E-state index is 13.2. The topological polar surface area (TPSA) is 62.3 Å². The summed E-state index contributed by atoms with van der Waals surface area (Å²) in [7, 11) is 0. The van der Waals surface area contributed by atoms with Gasteiger partial charge in [0.25, 0.3) is 5.91 Å². The van der Waals surface area contributed by atoms with Crippen molar-refractivity contribution >= 4 is 11.8 Å². The quantitative estimate of drug-likeness (QED) is 0.885. The van der Waals surface area contributed by atoms with Gasteiger partial charge in [0.05, 0.1) is 5.56 Å². The van der Waals surface area contributed by atoms with Gasteiger partial charge in [0.2, 0.25) is 5.91 Å². The predicted octanol–water partition coefficient (Wildman–Crippen LogP) is 3.22. The van der Waals surface area contributed by atoms with Crippen LogP contribution in [-0.2, 0) is 11.2 Å². The number of aromatic nitrogens is 1. The van der Waals surface area contributed by atoms with E-state index in [1.807, 2.05) is 35.2 Å². The maximum Gasteiger partial charge on any atom is 0.253 e. The number of likely N-dealkylation sites (tertiary alicyclic amines) is 1. The Labute approximate surface area is 160 Å². The van der Waals surface area contributed by atoms with E-state index in [0.717, 1.165) is 44.3 Å². The molecule has 0 saturated carbocycles. The molecule has 5 nitrogen and oxygen atoms in total. The summed E-state index contributed by atoms with van der Waals surface area (Å²) in [6.45, 7) is 1.54. The van der Waals surface area contributed by atoms with Crippen LogP contribution in [0.5, 0.6) is 0 Å². The van der Waals surface area contributed by atoms with E-state index < -0.39 is 6.04 Å². The highest BCUT2D eigenvalue weighted by Gasteiger charge is 2.26. The van der Waals surface area contributed by atoms with Gasteiger partial charge in [-0.2, -0.15) is 0 Å². The smallest absolute Gasteiger partial charge is 0.253 e. The molecule has 0 radical (unpaired) electrons. The van der Waals surface area contributed by atoms with Crippen LogP contribution in [0.1, 0.15) is 48.0 Å². The standard InChI is InChI=1S/C22H27N3O2/c26-21(19-12-9-13-23-17-19)24-20(16-18-10-5-4-6-11-18)22(27)25-14-7-2-1-3-8-15-25/h4-6,9-13,17,20H,1-3,7-8,14-16H2,(H,24,26). The zero-order chi connectivity index (χ0) is 18.9. The van der Waals surface area contributed by atoms with E-state index in [9.17, 15) is 9.59 Å². The summed E-state index contributed by atoms with van der Waals surface area (Å²) in [4.78, 5) is 31.8. The van der Waals surface area contributed by atoms with Crippen LogP contribution in [0, 0.1) is 0 Å². The van der Waals surface area contributed by atoms with Gasteiger partial charge < -0.3 is 10.2 Å². The van der Waals surface area contributed by atoms with Crippen LogP contribution >= 0.6 is 0 Å². The molecule has 0 spiro atoms. The Kier molecular flexibility index (Phi) is 6.97. The average Bonchev–Trinajstić information content (AvgIpc) is 2.68. The van der Waals surface area contributed by atoms with Crippen LogP contribution in [-0.4, -0.2) is 40.8 Å². The summed E-state index contributed by atoms with van der Waals surface area (Å²) in [5.74, 6) is -0.248. The van der Waals surface area contributed by atoms with Crippen LogP contribution in [0.3, 0.4) is 0 Å². The van der Waals surface area contributed by atoms with Crippen molar-refractivity contribution in [3.8, 4) is 0 Å². The largest absolute Gasteiger partial charge is 0.341 e. The number of nitrogens with one attached hydrogen (secondary N) is 1. The van der Waals surface area contributed by atoms with E-state index in [-0.39, 0.29) is 11.8 Å². The first-order valence-corrected chi connectivity index (χ1v) is 9.77. The molecule has 1 atom stereocenters. The summed E-state index contributed by atoms with van der Waals surface area (Å²) in [5.41, 5.74) is 1.51. The Bertz CT molecular complexity index is 726. The molecule has 2 heterocycles. The number of nitrogens with zero attached hydrogens (tertiary/aromatic N) is 2. The summed E-state index contributed by atoms with van der Waals surface area (Å²) < 4.78 is 0. The van der Waals surface area contributed by atoms with Crippen molar-refractivity contribution in [2.24, 2.45) is 0 Å². The SMILES string of the molecule is O=C(NC(Cc1ccccc1)C(=O)N1CCCCCCC1)c1cccnc1. The van der Waals surface area contributed by atoms with E-state index >= 15 is 0 Å². The van der Waals surface area contributed by atoms with Crippen molar-refractivity contribution < 1.29 is 9.59 Å². The van der Waals surface area contributed by atoms with Gasteiger partial charge in [0.15, 0.2) is 0 Å². The highest BCUT2D eigenvalue weighted by atomic mass is 16.2. The zero-order valence-corrected chi connectivity index (χ0v) is 15.6. The fourth-order valence-corrected chi connectivity index (χ4v) is 3.48. The molecule has 0 aliphatic carbocycles. The lowest BCUT2D eigenvalue weighted by Gasteiger charge is -2.29. The molecular weight excluding hydrogens is 338 g/mol. The second-order valence-corrected chi connectivity index (χ2v) is 7.05. The summed E-state index contributed by atoms with van der Waals surface area (Å²) in [5, 5.41) is 2.94. The lowest BCUT2D eigenvalue weighted by Crippen LogP contribution is -2.50. The Morgan fingerprint density at radius 2 is 1.67 bits per heavy atom. The number of carbonyl (C=O) groups is 2.